The first kappa shape index (κ1) is 37.7. The summed E-state index contributed by atoms with van der Waals surface area (Å²) in [6.07, 6.45) is 47.6. The lowest BCUT2D eigenvalue weighted by Gasteiger charge is -2.05. The number of unbranched alkanes of at least 4 members (excludes halogenated alkanes) is 32. The van der Waals surface area contributed by atoms with E-state index in [2.05, 4.69) is 22.6 Å². The van der Waals surface area contributed by atoms with Crippen LogP contribution in [0, 0.1) is 0 Å². The lowest BCUT2D eigenvalue weighted by molar-refractivity contribution is 0.282. The minimum absolute atomic E-state index is 0.375. The van der Waals surface area contributed by atoms with Crippen molar-refractivity contribution in [2.24, 2.45) is 0 Å². The number of hydrogen-bond donors (Lipinski definition) is 1. The fourth-order valence-corrected chi connectivity index (χ4v) is 6.23. The highest BCUT2D eigenvalue weighted by Gasteiger charge is 1.97. The van der Waals surface area contributed by atoms with Crippen molar-refractivity contribution in [3.05, 3.63) is 0 Å². The molecular formula is C35H71IO. The molecule has 0 fully saturated rings. The zero-order valence-corrected chi connectivity index (χ0v) is 27.7. The van der Waals surface area contributed by atoms with Gasteiger partial charge in [-0.1, -0.05) is 222 Å². The van der Waals surface area contributed by atoms with Gasteiger partial charge in [0.1, 0.15) is 0 Å². The summed E-state index contributed by atoms with van der Waals surface area (Å²) in [6.45, 7) is 0.375. The van der Waals surface area contributed by atoms with Gasteiger partial charge in [0.15, 0.2) is 0 Å². The molecule has 0 aromatic carbocycles. The van der Waals surface area contributed by atoms with Gasteiger partial charge in [-0.05, 0) is 17.3 Å². The molecule has 0 aliphatic heterocycles. The van der Waals surface area contributed by atoms with E-state index in [1.54, 1.807) is 0 Å². The van der Waals surface area contributed by atoms with Crippen LogP contribution in [0.2, 0.25) is 0 Å². The third-order valence-electron chi connectivity index (χ3n) is 8.29. The average molecular weight is 635 g/mol. The molecule has 0 atom stereocenters. The molecule has 0 aromatic heterocycles. The van der Waals surface area contributed by atoms with Gasteiger partial charge in [-0.3, -0.25) is 0 Å². The molecule has 0 saturated heterocycles. The first-order valence-electron chi connectivity index (χ1n) is 17.6. The van der Waals surface area contributed by atoms with E-state index in [9.17, 15) is 0 Å². The summed E-state index contributed by atoms with van der Waals surface area (Å²) in [7, 11) is 0. The summed E-state index contributed by atoms with van der Waals surface area (Å²) < 4.78 is 1.34. The number of alkyl halides is 1. The first-order chi connectivity index (χ1) is 18.4. The fraction of sp³-hybridized carbons (Fsp3) is 1.00. The van der Waals surface area contributed by atoms with Crippen LogP contribution in [0.3, 0.4) is 0 Å². The van der Waals surface area contributed by atoms with Gasteiger partial charge >= 0.3 is 0 Å². The van der Waals surface area contributed by atoms with Crippen molar-refractivity contribution >= 4 is 22.6 Å². The minimum atomic E-state index is 0.375. The maximum atomic E-state index is 8.78. The summed E-state index contributed by atoms with van der Waals surface area (Å²) in [6, 6.07) is 0. The van der Waals surface area contributed by atoms with Crippen LogP contribution in [0.25, 0.3) is 0 Å². The zero-order valence-electron chi connectivity index (χ0n) is 25.6. The second kappa shape index (κ2) is 36.7. The molecule has 0 heterocycles. The maximum Gasteiger partial charge on any atom is 0.0431 e. The van der Waals surface area contributed by atoms with Gasteiger partial charge in [-0.25, -0.2) is 0 Å². The van der Waals surface area contributed by atoms with Gasteiger partial charge in [0.2, 0.25) is 0 Å². The van der Waals surface area contributed by atoms with Gasteiger partial charge in [-0.15, -0.1) is 0 Å². The normalized spacial score (nSPS) is 11.5. The highest BCUT2D eigenvalue weighted by Crippen LogP contribution is 2.17. The van der Waals surface area contributed by atoms with E-state index in [-0.39, 0.29) is 0 Å². The molecule has 224 valence electrons. The topological polar surface area (TPSA) is 20.2 Å². The Kier molecular flexibility index (Phi) is 37.4. The van der Waals surface area contributed by atoms with Gasteiger partial charge in [-0.2, -0.15) is 0 Å². The summed E-state index contributed by atoms with van der Waals surface area (Å²) in [5.41, 5.74) is 0. The Morgan fingerprint density at radius 2 is 0.351 bits per heavy atom. The quantitative estimate of drug-likeness (QED) is 0.0424. The number of halogens is 1. The van der Waals surface area contributed by atoms with Crippen molar-refractivity contribution in [2.45, 2.75) is 212 Å². The molecule has 0 unspecified atom stereocenters. The van der Waals surface area contributed by atoms with Crippen molar-refractivity contribution in [1.82, 2.24) is 0 Å². The summed E-state index contributed by atoms with van der Waals surface area (Å²) in [5.74, 6) is 0. The second-order valence-corrected chi connectivity index (χ2v) is 13.2. The Morgan fingerprint density at radius 3 is 0.486 bits per heavy atom. The van der Waals surface area contributed by atoms with Crippen LogP contribution in [0.5, 0.6) is 0 Å². The Morgan fingerprint density at radius 1 is 0.216 bits per heavy atom. The molecule has 0 rings (SSSR count). The Labute approximate surface area is 249 Å². The van der Waals surface area contributed by atoms with Gasteiger partial charge in [0, 0.05) is 6.61 Å². The highest BCUT2D eigenvalue weighted by atomic mass is 127. The first-order valence-corrected chi connectivity index (χ1v) is 19.1. The van der Waals surface area contributed by atoms with E-state index in [0.717, 1.165) is 6.42 Å². The van der Waals surface area contributed by atoms with Crippen LogP contribution in [-0.2, 0) is 0 Å². The SMILES string of the molecule is OCCCCCCCCCCCCCCCCCCCCCCCCCCCCCCCCCCCI. The monoisotopic (exact) mass is 634 g/mol. The van der Waals surface area contributed by atoms with E-state index in [1.807, 2.05) is 0 Å². The van der Waals surface area contributed by atoms with Crippen LogP contribution in [0.15, 0.2) is 0 Å². The summed E-state index contributed by atoms with van der Waals surface area (Å²) in [4.78, 5) is 0. The molecule has 0 aliphatic carbocycles. The summed E-state index contributed by atoms with van der Waals surface area (Å²) >= 11 is 2.50. The Balaban J connectivity index is 3.00. The molecule has 0 aromatic rings. The zero-order chi connectivity index (χ0) is 26.7. The van der Waals surface area contributed by atoms with E-state index in [4.69, 9.17) is 5.11 Å². The molecule has 0 amide bonds. The van der Waals surface area contributed by atoms with Crippen LogP contribution >= 0.6 is 22.6 Å². The lowest BCUT2D eigenvalue weighted by atomic mass is 10.0. The van der Waals surface area contributed by atoms with Crippen molar-refractivity contribution in [1.29, 1.82) is 0 Å². The van der Waals surface area contributed by atoms with Crippen LogP contribution < -0.4 is 0 Å². The van der Waals surface area contributed by atoms with Crippen LogP contribution in [0.4, 0.5) is 0 Å². The summed E-state index contributed by atoms with van der Waals surface area (Å²) in [5, 5.41) is 8.78. The lowest BCUT2D eigenvalue weighted by Crippen LogP contribution is -1.85. The largest absolute Gasteiger partial charge is 0.396 e. The highest BCUT2D eigenvalue weighted by molar-refractivity contribution is 14.1. The molecule has 2 heteroatoms. The van der Waals surface area contributed by atoms with E-state index >= 15 is 0 Å². The van der Waals surface area contributed by atoms with Crippen molar-refractivity contribution in [2.75, 3.05) is 11.0 Å². The van der Waals surface area contributed by atoms with E-state index < -0.39 is 0 Å². The predicted molar refractivity (Wildman–Crippen MR) is 178 cm³/mol. The molecule has 0 bridgehead atoms. The second-order valence-electron chi connectivity index (χ2n) is 12.1. The Hall–Kier alpha value is 0.690. The van der Waals surface area contributed by atoms with Crippen molar-refractivity contribution in [3.8, 4) is 0 Å². The third-order valence-corrected chi connectivity index (χ3v) is 9.05. The average Bonchev–Trinajstić information content (AvgIpc) is 2.91. The maximum absolute atomic E-state index is 8.78. The predicted octanol–water partition coefficient (Wildman–Crippen LogP) is 13.3. The Bertz CT molecular complexity index is 338. The molecule has 0 saturated carbocycles. The number of hydrogen-bond acceptors (Lipinski definition) is 1. The molecule has 0 spiro atoms. The molecular weight excluding hydrogens is 563 g/mol. The van der Waals surface area contributed by atoms with E-state index in [1.165, 1.54) is 210 Å². The number of aliphatic hydroxyl groups excluding tert-OH is 1. The van der Waals surface area contributed by atoms with Crippen molar-refractivity contribution in [3.63, 3.8) is 0 Å². The third kappa shape index (κ3) is 36.7. The molecule has 0 aliphatic rings. The van der Waals surface area contributed by atoms with E-state index in [0.29, 0.717) is 6.61 Å². The fourth-order valence-electron chi connectivity index (χ4n) is 5.69. The van der Waals surface area contributed by atoms with Gasteiger partial charge in [0.25, 0.3) is 0 Å². The molecule has 1 N–H and O–H groups in total. The minimum Gasteiger partial charge on any atom is -0.396 e. The van der Waals surface area contributed by atoms with Crippen LogP contribution in [0.1, 0.15) is 212 Å². The van der Waals surface area contributed by atoms with Gasteiger partial charge in [0.05, 0.1) is 0 Å². The molecule has 37 heavy (non-hydrogen) atoms. The van der Waals surface area contributed by atoms with Gasteiger partial charge < -0.3 is 5.11 Å². The van der Waals surface area contributed by atoms with Crippen LogP contribution in [-0.4, -0.2) is 16.1 Å². The van der Waals surface area contributed by atoms with Crippen molar-refractivity contribution < 1.29 is 5.11 Å². The standard InChI is InChI=1S/C35H71IO/c36-34-32-30-28-26-24-22-20-18-16-14-12-10-8-6-4-2-1-3-5-7-9-11-13-15-17-19-21-23-25-27-29-31-33-35-37/h37H,1-35H2. The number of rotatable bonds is 34. The molecule has 1 nitrogen and oxygen atoms in total. The number of aliphatic hydroxyl groups is 1. The molecule has 0 radical (unpaired) electrons. The smallest absolute Gasteiger partial charge is 0.0431 e.